The van der Waals surface area contributed by atoms with Gasteiger partial charge in [0.25, 0.3) is 0 Å². The average molecular weight is 357 g/mol. The van der Waals surface area contributed by atoms with Crippen LogP contribution >= 0.6 is 11.8 Å². The lowest BCUT2D eigenvalue weighted by Gasteiger charge is -2.22. The molecular weight excluding hydrogens is 337 g/mol. The van der Waals surface area contributed by atoms with Gasteiger partial charge in [0, 0.05) is 30.5 Å². The average Bonchev–Trinajstić information content (AvgIpc) is 3.16. The van der Waals surface area contributed by atoms with Gasteiger partial charge in [-0.2, -0.15) is 5.10 Å². The molecule has 0 unspecified atom stereocenters. The van der Waals surface area contributed by atoms with Gasteiger partial charge in [-0.1, -0.05) is 11.8 Å². The molecule has 0 spiro atoms. The Kier molecular flexibility index (Phi) is 4.35. The number of hydrogen-bond donors (Lipinski definition) is 3. The molecule has 130 valence electrons. The smallest absolute Gasteiger partial charge is 0.153 e. The van der Waals surface area contributed by atoms with Crippen LogP contribution in [-0.2, 0) is 7.05 Å². The molecule has 0 aliphatic carbocycles. The van der Waals surface area contributed by atoms with Gasteiger partial charge in [0.1, 0.15) is 5.52 Å². The van der Waals surface area contributed by atoms with Crippen molar-refractivity contribution in [1.82, 2.24) is 15.1 Å². The van der Waals surface area contributed by atoms with Crippen LogP contribution in [0.5, 0.6) is 0 Å². The van der Waals surface area contributed by atoms with E-state index in [1.807, 2.05) is 12.1 Å². The minimum atomic E-state index is -0.346. The molecule has 0 radical (unpaired) electrons. The van der Waals surface area contributed by atoms with E-state index in [2.05, 4.69) is 15.7 Å². The fourth-order valence-electron chi connectivity index (χ4n) is 3.28. The van der Waals surface area contributed by atoms with Crippen molar-refractivity contribution in [1.29, 1.82) is 5.41 Å². The van der Waals surface area contributed by atoms with Crippen molar-refractivity contribution in [2.45, 2.75) is 12.8 Å². The van der Waals surface area contributed by atoms with Crippen LogP contribution in [0.3, 0.4) is 0 Å². The molecule has 1 aromatic carbocycles. The van der Waals surface area contributed by atoms with Crippen LogP contribution in [0.4, 0.5) is 10.1 Å². The Morgan fingerprint density at radius 2 is 2.20 bits per heavy atom. The molecule has 7 heteroatoms. The highest BCUT2D eigenvalue weighted by molar-refractivity contribution is 8.08. The van der Waals surface area contributed by atoms with Gasteiger partial charge >= 0.3 is 0 Å². The first-order chi connectivity index (χ1) is 12.1. The second kappa shape index (κ2) is 6.65. The van der Waals surface area contributed by atoms with Crippen LogP contribution in [-0.4, -0.2) is 28.6 Å². The van der Waals surface area contributed by atoms with Gasteiger partial charge in [-0.15, -0.1) is 0 Å². The largest absolute Gasteiger partial charge is 0.360 e. The molecule has 1 saturated heterocycles. The lowest BCUT2D eigenvalue weighted by molar-refractivity contribution is 0.432. The summed E-state index contributed by atoms with van der Waals surface area (Å²) in [7, 11) is 1.78. The molecule has 3 N–H and O–H groups in total. The number of benzene rings is 1. The fourth-order valence-corrected chi connectivity index (χ4v) is 4.40. The third-order valence-corrected chi connectivity index (χ3v) is 5.81. The summed E-state index contributed by atoms with van der Waals surface area (Å²) >= 11 is 1.65. The molecule has 2 aliphatic rings. The maximum Gasteiger partial charge on any atom is 0.153 e. The first-order valence-corrected chi connectivity index (χ1v) is 9.20. The number of rotatable bonds is 3. The van der Waals surface area contributed by atoms with E-state index in [0.29, 0.717) is 22.8 Å². The Bertz CT molecular complexity index is 892. The number of allylic oxidation sites excluding steroid dienone is 3. The summed E-state index contributed by atoms with van der Waals surface area (Å²) in [6, 6.07) is 3.31. The lowest BCUT2D eigenvalue weighted by atomic mass is 9.97. The zero-order chi connectivity index (χ0) is 17.4. The number of aromatic nitrogens is 2. The zero-order valence-electron chi connectivity index (χ0n) is 14.0. The summed E-state index contributed by atoms with van der Waals surface area (Å²) < 4.78 is 15.7. The third-order valence-electron chi connectivity index (χ3n) is 4.57. The Balaban J connectivity index is 1.49. The molecule has 0 amide bonds. The van der Waals surface area contributed by atoms with Gasteiger partial charge in [0.05, 0.1) is 10.6 Å². The maximum absolute atomic E-state index is 14.1. The SMILES string of the molecule is Cn1cc2cc(N/C=C3/SC(C4CCNCC4)=CC3=N)cc(F)c2n1. The minimum Gasteiger partial charge on any atom is -0.360 e. The highest BCUT2D eigenvalue weighted by atomic mass is 32.2. The van der Waals surface area contributed by atoms with Crippen LogP contribution in [0.2, 0.25) is 0 Å². The summed E-state index contributed by atoms with van der Waals surface area (Å²) in [6.07, 6.45) is 7.80. The molecule has 0 atom stereocenters. The first-order valence-electron chi connectivity index (χ1n) is 8.39. The molecule has 1 aromatic heterocycles. The van der Waals surface area contributed by atoms with Crippen LogP contribution in [0.15, 0.2) is 40.4 Å². The number of hydrogen-bond acceptors (Lipinski definition) is 5. The number of piperidine rings is 1. The number of thioether (sulfide) groups is 1. The van der Waals surface area contributed by atoms with E-state index >= 15 is 0 Å². The quantitative estimate of drug-likeness (QED) is 0.785. The number of fused-ring (bicyclic) bond motifs is 1. The molecule has 3 heterocycles. The summed E-state index contributed by atoms with van der Waals surface area (Å²) in [6.45, 7) is 2.08. The van der Waals surface area contributed by atoms with Crippen molar-refractivity contribution in [2.24, 2.45) is 13.0 Å². The molecule has 4 rings (SSSR count). The monoisotopic (exact) mass is 357 g/mol. The van der Waals surface area contributed by atoms with Crippen LogP contribution in [0, 0.1) is 17.1 Å². The summed E-state index contributed by atoms with van der Waals surface area (Å²) in [5, 5.41) is 19.6. The number of anilines is 1. The molecule has 1 fully saturated rings. The highest BCUT2D eigenvalue weighted by Crippen LogP contribution is 2.41. The van der Waals surface area contributed by atoms with E-state index in [-0.39, 0.29) is 5.82 Å². The van der Waals surface area contributed by atoms with Gasteiger partial charge < -0.3 is 10.6 Å². The van der Waals surface area contributed by atoms with Crippen molar-refractivity contribution in [3.05, 3.63) is 46.2 Å². The number of nitrogens with one attached hydrogen (secondary N) is 3. The molecule has 0 bridgehead atoms. The Hall–Kier alpha value is -2.12. The van der Waals surface area contributed by atoms with Gasteiger partial charge in [-0.25, -0.2) is 4.39 Å². The second-order valence-electron chi connectivity index (χ2n) is 6.44. The predicted molar refractivity (Wildman–Crippen MR) is 101 cm³/mol. The van der Waals surface area contributed by atoms with Crippen molar-refractivity contribution >= 4 is 34.1 Å². The summed E-state index contributed by atoms with van der Waals surface area (Å²) in [5.74, 6) is 0.198. The van der Waals surface area contributed by atoms with Crippen LogP contribution in [0.1, 0.15) is 12.8 Å². The molecule has 2 aliphatic heterocycles. The van der Waals surface area contributed by atoms with E-state index in [1.165, 1.54) is 11.0 Å². The van der Waals surface area contributed by atoms with E-state index in [4.69, 9.17) is 5.41 Å². The number of aryl methyl sites for hydroxylation is 1. The van der Waals surface area contributed by atoms with Gasteiger partial charge in [-0.3, -0.25) is 10.1 Å². The number of nitrogens with zero attached hydrogens (tertiary/aromatic N) is 2. The molecule has 0 saturated carbocycles. The summed E-state index contributed by atoms with van der Waals surface area (Å²) in [4.78, 5) is 2.15. The lowest BCUT2D eigenvalue weighted by Crippen LogP contribution is -2.27. The van der Waals surface area contributed by atoms with E-state index in [9.17, 15) is 4.39 Å². The molecular formula is C18H20FN5S. The Labute approximate surface area is 149 Å². The zero-order valence-corrected chi connectivity index (χ0v) is 14.8. The molecule has 25 heavy (non-hydrogen) atoms. The van der Waals surface area contributed by atoms with Crippen LogP contribution < -0.4 is 10.6 Å². The van der Waals surface area contributed by atoms with Crippen molar-refractivity contribution in [3.63, 3.8) is 0 Å². The number of halogens is 1. The first kappa shape index (κ1) is 16.4. The highest BCUT2D eigenvalue weighted by Gasteiger charge is 2.25. The van der Waals surface area contributed by atoms with Gasteiger partial charge in [0.2, 0.25) is 0 Å². The fraction of sp³-hybridized carbons (Fsp3) is 0.333. The summed E-state index contributed by atoms with van der Waals surface area (Å²) in [5.41, 5.74) is 1.56. The maximum atomic E-state index is 14.1. The predicted octanol–water partition coefficient (Wildman–Crippen LogP) is 3.62. The van der Waals surface area contributed by atoms with Crippen molar-refractivity contribution < 1.29 is 4.39 Å². The molecule has 5 nitrogen and oxygen atoms in total. The van der Waals surface area contributed by atoms with Crippen molar-refractivity contribution in [3.8, 4) is 0 Å². The van der Waals surface area contributed by atoms with Crippen LogP contribution in [0.25, 0.3) is 10.9 Å². The van der Waals surface area contributed by atoms with E-state index < -0.39 is 0 Å². The standard InChI is InChI=1S/C18H20FN5S/c1-24-10-12-6-13(7-14(19)18(12)23-24)22-9-17-15(20)8-16(25-17)11-2-4-21-5-3-11/h6-11,20-22H,2-5H2,1H3/b17-9+,20-15?. The van der Waals surface area contributed by atoms with E-state index in [1.54, 1.807) is 35.9 Å². The normalized spacial score (nSPS) is 20.5. The minimum absolute atomic E-state index is 0.346. The van der Waals surface area contributed by atoms with Crippen molar-refractivity contribution in [2.75, 3.05) is 18.4 Å². The van der Waals surface area contributed by atoms with Gasteiger partial charge in [-0.05, 0) is 55.0 Å². The van der Waals surface area contributed by atoms with Gasteiger partial charge in [0.15, 0.2) is 5.82 Å². The van der Waals surface area contributed by atoms with E-state index in [0.717, 1.165) is 36.2 Å². The second-order valence-corrected chi connectivity index (χ2v) is 7.55. The third kappa shape index (κ3) is 3.34. The Morgan fingerprint density at radius 3 is 3.00 bits per heavy atom. The topological polar surface area (TPSA) is 65.7 Å². The molecule has 2 aromatic rings. The Morgan fingerprint density at radius 1 is 1.40 bits per heavy atom.